The molecule has 0 heterocycles. The average Bonchev–Trinajstić information content (AvgIpc) is 2.29. The summed E-state index contributed by atoms with van der Waals surface area (Å²) in [5.74, 6) is 0.810. The largest absolute Gasteiger partial charge is 0.0799 e. The fraction of sp³-hybridized carbons (Fsp3) is 0.706. The lowest BCUT2D eigenvalue weighted by Gasteiger charge is -2.40. The zero-order valence-electron chi connectivity index (χ0n) is 11.8. The molecule has 1 fully saturated rings. The molecule has 0 aromatic rings. The second-order valence-corrected chi connectivity index (χ2v) is 7.02. The summed E-state index contributed by atoms with van der Waals surface area (Å²) in [4.78, 5) is 0. The van der Waals surface area contributed by atoms with Crippen LogP contribution in [0.1, 0.15) is 59.3 Å². The van der Waals surface area contributed by atoms with E-state index in [1.165, 1.54) is 37.7 Å². The van der Waals surface area contributed by atoms with Crippen LogP contribution in [0.5, 0.6) is 0 Å². The Labute approximate surface area is 107 Å². The van der Waals surface area contributed by atoms with Crippen LogP contribution in [-0.2, 0) is 0 Å². The van der Waals surface area contributed by atoms with Gasteiger partial charge >= 0.3 is 0 Å². The predicted molar refractivity (Wildman–Crippen MR) is 75.7 cm³/mol. The highest BCUT2D eigenvalue weighted by molar-refractivity contribution is 5.32. The van der Waals surface area contributed by atoms with E-state index in [9.17, 15) is 0 Å². The maximum Gasteiger partial charge on any atom is -0.00518 e. The molecule has 95 valence electrons. The van der Waals surface area contributed by atoms with Crippen molar-refractivity contribution in [3.63, 3.8) is 0 Å². The van der Waals surface area contributed by atoms with E-state index < -0.39 is 0 Å². The third kappa shape index (κ3) is 2.84. The number of rotatable bonds is 1. The molecule has 2 aliphatic carbocycles. The summed E-state index contributed by atoms with van der Waals surface area (Å²) in [6.45, 7) is 11.4. The SMILES string of the molecule is [CH2]C1(C2CCCCC2)C=CC(C(C)(C)C)=CC1. The van der Waals surface area contributed by atoms with E-state index in [1.807, 2.05) is 0 Å². The van der Waals surface area contributed by atoms with Gasteiger partial charge in [0, 0.05) is 0 Å². The van der Waals surface area contributed by atoms with E-state index >= 15 is 0 Å². The average molecular weight is 231 g/mol. The molecule has 1 radical (unpaired) electrons. The summed E-state index contributed by atoms with van der Waals surface area (Å²) < 4.78 is 0. The minimum absolute atomic E-state index is 0.190. The van der Waals surface area contributed by atoms with Crippen LogP contribution in [0.2, 0.25) is 0 Å². The lowest BCUT2D eigenvalue weighted by Crippen LogP contribution is -2.29. The summed E-state index contributed by atoms with van der Waals surface area (Å²) in [7, 11) is 0. The van der Waals surface area contributed by atoms with Gasteiger partial charge in [0.25, 0.3) is 0 Å². The van der Waals surface area contributed by atoms with Crippen LogP contribution >= 0.6 is 0 Å². The second-order valence-electron chi connectivity index (χ2n) is 7.02. The Morgan fingerprint density at radius 2 is 1.82 bits per heavy atom. The molecular formula is C17H27. The maximum atomic E-state index is 4.54. The predicted octanol–water partition coefficient (Wildman–Crippen LogP) is 5.32. The number of allylic oxidation sites excluding steroid dienone is 4. The van der Waals surface area contributed by atoms with Crippen molar-refractivity contribution in [2.45, 2.75) is 59.3 Å². The summed E-state index contributed by atoms with van der Waals surface area (Å²) in [5, 5.41) is 0. The first-order valence-electron chi connectivity index (χ1n) is 7.17. The van der Waals surface area contributed by atoms with Gasteiger partial charge in [0.05, 0.1) is 0 Å². The van der Waals surface area contributed by atoms with Gasteiger partial charge in [-0.2, -0.15) is 0 Å². The molecule has 0 aliphatic heterocycles. The Kier molecular flexibility index (Phi) is 3.52. The van der Waals surface area contributed by atoms with Gasteiger partial charge in [-0.25, -0.2) is 0 Å². The highest BCUT2D eigenvalue weighted by Crippen LogP contribution is 2.45. The Balaban J connectivity index is 2.07. The Bertz CT molecular complexity index is 320. The first-order chi connectivity index (χ1) is 7.92. The van der Waals surface area contributed by atoms with Crippen molar-refractivity contribution in [1.29, 1.82) is 0 Å². The first kappa shape index (κ1) is 12.9. The number of hydrogen-bond acceptors (Lipinski definition) is 0. The molecule has 2 aliphatic rings. The van der Waals surface area contributed by atoms with Crippen LogP contribution in [0.4, 0.5) is 0 Å². The Hall–Kier alpha value is -0.520. The third-order valence-corrected chi connectivity index (χ3v) is 4.58. The summed E-state index contributed by atoms with van der Waals surface area (Å²) >= 11 is 0. The molecule has 2 rings (SSSR count). The fourth-order valence-electron chi connectivity index (χ4n) is 3.23. The van der Waals surface area contributed by atoms with Crippen molar-refractivity contribution in [1.82, 2.24) is 0 Å². The molecule has 0 amide bonds. The summed E-state index contributed by atoms with van der Waals surface area (Å²) in [6, 6.07) is 0. The molecule has 0 spiro atoms. The van der Waals surface area contributed by atoms with Crippen molar-refractivity contribution in [3.05, 3.63) is 30.7 Å². The highest BCUT2D eigenvalue weighted by atomic mass is 14.4. The van der Waals surface area contributed by atoms with E-state index in [-0.39, 0.29) is 10.8 Å². The van der Waals surface area contributed by atoms with Crippen molar-refractivity contribution in [2.24, 2.45) is 16.7 Å². The van der Waals surface area contributed by atoms with Crippen LogP contribution in [0, 0.1) is 23.7 Å². The summed E-state index contributed by atoms with van der Waals surface area (Å²) in [6.07, 6.45) is 15.3. The zero-order chi connectivity index (χ0) is 12.5. The van der Waals surface area contributed by atoms with Crippen LogP contribution in [0.25, 0.3) is 0 Å². The van der Waals surface area contributed by atoms with Gasteiger partial charge in [0.2, 0.25) is 0 Å². The first-order valence-corrected chi connectivity index (χ1v) is 7.17. The molecular weight excluding hydrogens is 204 g/mol. The van der Waals surface area contributed by atoms with Gasteiger partial charge < -0.3 is 0 Å². The van der Waals surface area contributed by atoms with Crippen molar-refractivity contribution >= 4 is 0 Å². The molecule has 1 unspecified atom stereocenters. The van der Waals surface area contributed by atoms with Gasteiger partial charge in [0.15, 0.2) is 0 Å². The van der Waals surface area contributed by atoms with Gasteiger partial charge in [-0.15, -0.1) is 0 Å². The van der Waals surface area contributed by atoms with E-state index in [1.54, 1.807) is 0 Å². The molecule has 1 saturated carbocycles. The number of hydrogen-bond donors (Lipinski definition) is 0. The molecule has 0 aromatic carbocycles. The van der Waals surface area contributed by atoms with Crippen molar-refractivity contribution in [2.75, 3.05) is 0 Å². The second kappa shape index (κ2) is 4.63. The van der Waals surface area contributed by atoms with E-state index in [0.29, 0.717) is 0 Å². The van der Waals surface area contributed by atoms with Crippen LogP contribution < -0.4 is 0 Å². The lowest BCUT2D eigenvalue weighted by molar-refractivity contribution is 0.216. The highest BCUT2D eigenvalue weighted by Gasteiger charge is 2.34. The standard InChI is InChI=1S/C17H27/c1-16(2,3)14-10-12-17(4,13-11-14)15-8-6-5-7-9-15/h10-12,15H,4-9,13H2,1-3H3. The molecule has 17 heavy (non-hydrogen) atoms. The van der Waals surface area contributed by atoms with Crippen LogP contribution in [0.3, 0.4) is 0 Å². The molecule has 0 bridgehead atoms. The van der Waals surface area contributed by atoms with E-state index in [0.717, 1.165) is 12.3 Å². The van der Waals surface area contributed by atoms with Gasteiger partial charge in [-0.3, -0.25) is 0 Å². The molecule has 0 saturated heterocycles. The Morgan fingerprint density at radius 1 is 1.18 bits per heavy atom. The minimum atomic E-state index is 0.190. The van der Waals surface area contributed by atoms with Gasteiger partial charge in [0.1, 0.15) is 0 Å². The van der Waals surface area contributed by atoms with Crippen LogP contribution in [-0.4, -0.2) is 0 Å². The van der Waals surface area contributed by atoms with E-state index in [4.69, 9.17) is 0 Å². The van der Waals surface area contributed by atoms with Crippen molar-refractivity contribution in [3.8, 4) is 0 Å². The normalized spacial score (nSPS) is 31.4. The third-order valence-electron chi connectivity index (χ3n) is 4.58. The summed E-state index contributed by atoms with van der Waals surface area (Å²) in [5.41, 5.74) is 1.95. The molecule has 1 atom stereocenters. The molecule has 0 nitrogen and oxygen atoms in total. The Morgan fingerprint density at radius 3 is 2.29 bits per heavy atom. The quantitative estimate of drug-likeness (QED) is 0.573. The topological polar surface area (TPSA) is 0 Å². The lowest BCUT2D eigenvalue weighted by atomic mass is 9.65. The smallest absolute Gasteiger partial charge is 0.00518 e. The van der Waals surface area contributed by atoms with E-state index in [2.05, 4.69) is 45.9 Å². The fourth-order valence-corrected chi connectivity index (χ4v) is 3.23. The van der Waals surface area contributed by atoms with Crippen LogP contribution in [0.15, 0.2) is 23.8 Å². The molecule has 0 aromatic heterocycles. The maximum absolute atomic E-state index is 4.54. The van der Waals surface area contributed by atoms with Gasteiger partial charge in [-0.1, -0.05) is 58.3 Å². The minimum Gasteiger partial charge on any atom is -0.0799 e. The molecule has 0 N–H and O–H groups in total. The zero-order valence-corrected chi connectivity index (χ0v) is 11.8. The molecule has 0 heteroatoms. The van der Waals surface area contributed by atoms with Gasteiger partial charge in [-0.05, 0) is 48.5 Å². The monoisotopic (exact) mass is 231 g/mol. The van der Waals surface area contributed by atoms with Crippen molar-refractivity contribution < 1.29 is 0 Å².